The molecule has 1 saturated heterocycles. The number of ether oxygens (including phenoxy) is 3. The molecule has 5 nitrogen and oxygen atoms in total. The van der Waals surface area contributed by atoms with E-state index in [2.05, 4.69) is 6.58 Å². The van der Waals surface area contributed by atoms with E-state index in [-0.39, 0.29) is 24.1 Å². The lowest BCUT2D eigenvalue weighted by molar-refractivity contribution is -0.143. The van der Waals surface area contributed by atoms with Crippen LogP contribution in [-0.4, -0.2) is 37.4 Å². The third-order valence-corrected chi connectivity index (χ3v) is 4.34. The fourth-order valence-corrected chi connectivity index (χ4v) is 3.17. The summed E-state index contributed by atoms with van der Waals surface area (Å²) in [5.74, 6) is -1.11. The van der Waals surface area contributed by atoms with Crippen molar-refractivity contribution in [3.8, 4) is 0 Å². The van der Waals surface area contributed by atoms with Crippen molar-refractivity contribution in [2.45, 2.75) is 38.1 Å². The molecule has 5 heteroatoms. The van der Waals surface area contributed by atoms with Crippen LogP contribution in [0.5, 0.6) is 0 Å². The smallest absolute Gasteiger partial charge is 0.337 e. The molecular formula is C16H18O5. The molecule has 0 aromatic carbocycles. The lowest BCUT2D eigenvalue weighted by atomic mass is 9.86. The van der Waals surface area contributed by atoms with Crippen LogP contribution >= 0.6 is 0 Å². The van der Waals surface area contributed by atoms with Gasteiger partial charge in [-0.05, 0) is 19.4 Å². The van der Waals surface area contributed by atoms with Crippen LogP contribution in [0.15, 0.2) is 35.5 Å². The minimum absolute atomic E-state index is 0.319. The maximum absolute atomic E-state index is 12.1. The summed E-state index contributed by atoms with van der Waals surface area (Å²) in [4.78, 5) is 23.9. The Morgan fingerprint density at radius 1 is 1.29 bits per heavy atom. The van der Waals surface area contributed by atoms with Gasteiger partial charge in [0.05, 0.1) is 17.6 Å². The molecule has 2 aliphatic heterocycles. The zero-order valence-corrected chi connectivity index (χ0v) is 12.1. The predicted molar refractivity (Wildman–Crippen MR) is 74.3 cm³/mol. The lowest BCUT2D eigenvalue weighted by Gasteiger charge is -2.22. The third kappa shape index (κ3) is 2.31. The van der Waals surface area contributed by atoms with E-state index in [0.29, 0.717) is 24.0 Å². The topological polar surface area (TPSA) is 61.8 Å². The van der Waals surface area contributed by atoms with Crippen LogP contribution in [-0.2, 0) is 23.8 Å². The highest BCUT2D eigenvalue weighted by Crippen LogP contribution is 2.39. The monoisotopic (exact) mass is 290 g/mol. The normalized spacial score (nSPS) is 38.1. The van der Waals surface area contributed by atoms with Crippen molar-refractivity contribution in [1.29, 1.82) is 0 Å². The molecule has 0 spiro atoms. The molecule has 4 atom stereocenters. The zero-order valence-electron chi connectivity index (χ0n) is 12.1. The quantitative estimate of drug-likeness (QED) is 0.418. The minimum Gasteiger partial charge on any atom is -0.458 e. The molecule has 1 aliphatic carbocycles. The van der Waals surface area contributed by atoms with Crippen LogP contribution in [0, 0.1) is 5.92 Å². The van der Waals surface area contributed by atoms with Gasteiger partial charge in [-0.15, -0.1) is 0 Å². The molecule has 112 valence electrons. The number of hydrogen-bond donors (Lipinski definition) is 0. The molecule has 3 rings (SSSR count). The number of carbonyl (C=O) groups is 2. The average Bonchev–Trinajstić information content (AvgIpc) is 2.92. The van der Waals surface area contributed by atoms with E-state index < -0.39 is 12.1 Å². The summed E-state index contributed by atoms with van der Waals surface area (Å²) >= 11 is 0. The van der Waals surface area contributed by atoms with E-state index in [4.69, 9.17) is 14.2 Å². The Balaban J connectivity index is 2.01. The maximum Gasteiger partial charge on any atom is 0.337 e. The summed E-state index contributed by atoms with van der Waals surface area (Å²) in [6, 6.07) is 0. The first-order chi connectivity index (χ1) is 10.0. The van der Waals surface area contributed by atoms with Crippen LogP contribution in [0.3, 0.4) is 0 Å². The summed E-state index contributed by atoms with van der Waals surface area (Å²) in [5.41, 5.74) is 1.99. The lowest BCUT2D eigenvalue weighted by Crippen LogP contribution is -2.29. The SMILES string of the molecule is C=C1C(=O)O[C@H]2C/C(C)=C/C[C@H](OC)C3=C[C@@H](OC3=O)[C@H]12. The minimum atomic E-state index is -0.500. The van der Waals surface area contributed by atoms with Gasteiger partial charge in [-0.1, -0.05) is 18.2 Å². The summed E-state index contributed by atoms with van der Waals surface area (Å²) in [6.07, 6.45) is 3.85. The van der Waals surface area contributed by atoms with Crippen LogP contribution in [0.4, 0.5) is 0 Å². The summed E-state index contributed by atoms with van der Waals surface area (Å²) in [6.45, 7) is 5.79. The van der Waals surface area contributed by atoms with Gasteiger partial charge in [-0.2, -0.15) is 0 Å². The molecule has 0 N–H and O–H groups in total. The Labute approximate surface area is 123 Å². The fourth-order valence-electron chi connectivity index (χ4n) is 3.17. The van der Waals surface area contributed by atoms with Gasteiger partial charge in [0, 0.05) is 19.1 Å². The summed E-state index contributed by atoms with van der Waals surface area (Å²) in [5, 5.41) is 0. The molecule has 3 aliphatic rings. The van der Waals surface area contributed by atoms with Crippen molar-refractivity contribution in [1.82, 2.24) is 0 Å². The third-order valence-electron chi connectivity index (χ3n) is 4.34. The van der Waals surface area contributed by atoms with Crippen LogP contribution in [0.2, 0.25) is 0 Å². The highest BCUT2D eigenvalue weighted by atomic mass is 16.6. The second kappa shape index (κ2) is 5.15. The van der Waals surface area contributed by atoms with Gasteiger partial charge in [0.2, 0.25) is 0 Å². The first-order valence-corrected chi connectivity index (χ1v) is 7.02. The van der Waals surface area contributed by atoms with Crippen LogP contribution in [0.25, 0.3) is 0 Å². The van der Waals surface area contributed by atoms with Crippen molar-refractivity contribution in [3.63, 3.8) is 0 Å². The Bertz CT molecular complexity index is 571. The largest absolute Gasteiger partial charge is 0.458 e. The van der Waals surface area contributed by atoms with E-state index >= 15 is 0 Å². The molecular weight excluding hydrogens is 272 g/mol. The average molecular weight is 290 g/mol. The highest BCUT2D eigenvalue weighted by molar-refractivity contribution is 5.94. The molecule has 21 heavy (non-hydrogen) atoms. The van der Waals surface area contributed by atoms with Crippen molar-refractivity contribution in [2.24, 2.45) is 5.92 Å². The number of fused-ring (bicyclic) bond motifs is 3. The molecule has 0 radical (unpaired) electrons. The van der Waals surface area contributed by atoms with Crippen molar-refractivity contribution >= 4 is 11.9 Å². The standard InChI is InChI=1S/C16H18O5/c1-8-4-5-11(19-3)10-7-13(21-16(10)18)14-9(2)15(17)20-12(14)6-8/h4,7,11-14H,2,5-6H2,1,3H3/b8-4+/t11-,12-,13+,14+/m0/s1. The maximum atomic E-state index is 12.1. The fraction of sp³-hybridized carbons (Fsp3) is 0.500. The van der Waals surface area contributed by atoms with Gasteiger partial charge >= 0.3 is 11.9 Å². The molecule has 2 heterocycles. The summed E-state index contributed by atoms with van der Waals surface area (Å²) in [7, 11) is 1.57. The summed E-state index contributed by atoms with van der Waals surface area (Å²) < 4.78 is 16.2. The Hall–Kier alpha value is -1.88. The van der Waals surface area contributed by atoms with Crippen LogP contribution < -0.4 is 0 Å². The van der Waals surface area contributed by atoms with Crippen molar-refractivity contribution < 1.29 is 23.8 Å². The Morgan fingerprint density at radius 2 is 2.05 bits per heavy atom. The number of hydrogen-bond acceptors (Lipinski definition) is 5. The number of rotatable bonds is 1. The first-order valence-electron chi connectivity index (χ1n) is 7.02. The molecule has 0 amide bonds. The first kappa shape index (κ1) is 14.1. The second-order valence-electron chi connectivity index (χ2n) is 5.70. The van der Waals surface area contributed by atoms with Gasteiger partial charge in [0.15, 0.2) is 0 Å². The zero-order chi connectivity index (χ0) is 15.1. The number of carbonyl (C=O) groups excluding carboxylic acids is 2. The second-order valence-corrected chi connectivity index (χ2v) is 5.70. The van der Waals surface area contributed by atoms with Crippen molar-refractivity contribution in [2.75, 3.05) is 7.11 Å². The molecule has 2 bridgehead atoms. The number of esters is 2. The number of methoxy groups -OCH3 is 1. The van der Waals surface area contributed by atoms with E-state index in [1.54, 1.807) is 13.2 Å². The predicted octanol–water partition coefficient (Wildman–Crippen LogP) is 1.69. The van der Waals surface area contributed by atoms with Gasteiger partial charge in [0.1, 0.15) is 12.2 Å². The molecule has 1 fully saturated rings. The Kier molecular flexibility index (Phi) is 3.45. The van der Waals surface area contributed by atoms with E-state index in [9.17, 15) is 9.59 Å². The van der Waals surface area contributed by atoms with E-state index in [0.717, 1.165) is 5.57 Å². The molecule has 0 aromatic heterocycles. The molecule has 0 saturated carbocycles. The van der Waals surface area contributed by atoms with Gasteiger partial charge in [0.25, 0.3) is 0 Å². The van der Waals surface area contributed by atoms with E-state index in [1.807, 2.05) is 13.0 Å². The molecule has 0 unspecified atom stereocenters. The van der Waals surface area contributed by atoms with Gasteiger partial charge in [-0.3, -0.25) is 0 Å². The molecule has 0 aromatic rings. The van der Waals surface area contributed by atoms with E-state index in [1.165, 1.54) is 0 Å². The van der Waals surface area contributed by atoms with Gasteiger partial charge in [-0.25, -0.2) is 9.59 Å². The van der Waals surface area contributed by atoms with Gasteiger partial charge < -0.3 is 14.2 Å². The van der Waals surface area contributed by atoms with Crippen molar-refractivity contribution in [3.05, 3.63) is 35.5 Å². The Morgan fingerprint density at radius 3 is 2.76 bits per heavy atom. The highest BCUT2D eigenvalue weighted by Gasteiger charge is 2.47. The van der Waals surface area contributed by atoms with Crippen LogP contribution in [0.1, 0.15) is 19.8 Å².